The number of nitrogens with zero attached hydrogens (tertiary/aromatic N) is 1. The summed E-state index contributed by atoms with van der Waals surface area (Å²) in [5.41, 5.74) is 1.06. The third kappa shape index (κ3) is 3.96. The van der Waals surface area contributed by atoms with E-state index in [2.05, 4.69) is 20.9 Å². The van der Waals surface area contributed by atoms with Gasteiger partial charge in [-0.2, -0.15) is 0 Å². The van der Waals surface area contributed by atoms with Crippen LogP contribution in [0.4, 0.5) is 5.69 Å². The second-order valence-electron chi connectivity index (χ2n) is 6.69. The fourth-order valence-electron chi connectivity index (χ4n) is 3.43. The Morgan fingerprint density at radius 1 is 1.31 bits per heavy atom. The average Bonchev–Trinajstić information content (AvgIpc) is 2.98. The van der Waals surface area contributed by atoms with E-state index in [4.69, 9.17) is 4.74 Å². The van der Waals surface area contributed by atoms with Gasteiger partial charge in [0, 0.05) is 37.7 Å². The first kappa shape index (κ1) is 18.2. The molecule has 8 nitrogen and oxygen atoms in total. The normalized spacial score (nSPS) is 22.2. The Bertz CT molecular complexity index is 721. The van der Waals surface area contributed by atoms with Gasteiger partial charge in [-0.1, -0.05) is 0 Å². The molecule has 3 amide bonds. The maximum Gasteiger partial charge on any atom is 0.262 e. The quantitative estimate of drug-likeness (QED) is 0.703. The first-order chi connectivity index (χ1) is 12.5. The number of benzene rings is 1. The van der Waals surface area contributed by atoms with Gasteiger partial charge in [-0.3, -0.25) is 19.3 Å². The topological polar surface area (TPSA) is 99.8 Å². The summed E-state index contributed by atoms with van der Waals surface area (Å²) in [6.07, 6.45) is 2.36. The smallest absolute Gasteiger partial charge is 0.262 e. The molecule has 0 aliphatic carbocycles. The standard InChI is InChI=1S/C18H24N4O4/c1-19-16(23)8-12-4-5-13(22(12)2)9-20-18(25)11-3-6-14-15(7-11)26-10-17(24)21-14/h3,6-7,12-13H,4-5,8-10H2,1-2H3,(H,19,23)(H,20,25)(H,21,24)/t12-,13+/m1/s1. The molecule has 0 radical (unpaired) electrons. The summed E-state index contributed by atoms with van der Waals surface area (Å²) in [7, 11) is 3.63. The van der Waals surface area contributed by atoms with Crippen molar-refractivity contribution in [2.45, 2.75) is 31.3 Å². The lowest BCUT2D eigenvalue weighted by Crippen LogP contribution is -2.42. The number of amides is 3. The molecule has 2 aliphatic rings. The summed E-state index contributed by atoms with van der Waals surface area (Å²) < 4.78 is 5.35. The molecule has 2 atom stereocenters. The highest BCUT2D eigenvalue weighted by Crippen LogP contribution is 2.28. The molecule has 140 valence electrons. The first-order valence-electron chi connectivity index (χ1n) is 8.75. The number of hydrogen-bond acceptors (Lipinski definition) is 5. The van der Waals surface area contributed by atoms with E-state index >= 15 is 0 Å². The summed E-state index contributed by atoms with van der Waals surface area (Å²) in [5, 5.41) is 8.30. The number of carbonyl (C=O) groups is 3. The van der Waals surface area contributed by atoms with Crippen molar-refractivity contribution in [2.75, 3.05) is 32.6 Å². The molecule has 1 fully saturated rings. The van der Waals surface area contributed by atoms with Crippen LogP contribution in [0.5, 0.6) is 5.75 Å². The molecule has 2 heterocycles. The molecular formula is C18H24N4O4. The van der Waals surface area contributed by atoms with E-state index in [1.807, 2.05) is 7.05 Å². The predicted octanol–water partition coefficient (Wildman–Crippen LogP) is 0.346. The van der Waals surface area contributed by atoms with Gasteiger partial charge >= 0.3 is 0 Å². The number of ether oxygens (including phenoxy) is 1. The Labute approximate surface area is 152 Å². The number of hydrogen-bond donors (Lipinski definition) is 3. The third-order valence-electron chi connectivity index (χ3n) is 5.06. The number of nitrogens with one attached hydrogen (secondary N) is 3. The molecule has 0 bridgehead atoms. The number of rotatable bonds is 5. The van der Waals surface area contributed by atoms with Crippen LogP contribution in [0.25, 0.3) is 0 Å². The molecular weight excluding hydrogens is 336 g/mol. The van der Waals surface area contributed by atoms with Gasteiger partial charge in [0.2, 0.25) is 5.91 Å². The largest absolute Gasteiger partial charge is 0.482 e. The third-order valence-corrected chi connectivity index (χ3v) is 5.06. The fourth-order valence-corrected chi connectivity index (χ4v) is 3.43. The van der Waals surface area contributed by atoms with Crippen molar-refractivity contribution in [3.8, 4) is 5.75 Å². The highest BCUT2D eigenvalue weighted by atomic mass is 16.5. The van der Waals surface area contributed by atoms with Crippen molar-refractivity contribution >= 4 is 23.4 Å². The molecule has 8 heteroatoms. The zero-order valence-corrected chi connectivity index (χ0v) is 15.0. The first-order valence-corrected chi connectivity index (χ1v) is 8.75. The van der Waals surface area contributed by atoms with Gasteiger partial charge < -0.3 is 20.7 Å². The van der Waals surface area contributed by atoms with Crippen LogP contribution < -0.4 is 20.7 Å². The van der Waals surface area contributed by atoms with E-state index in [0.29, 0.717) is 30.0 Å². The van der Waals surface area contributed by atoms with Crippen LogP contribution in [0, 0.1) is 0 Å². The summed E-state index contributed by atoms with van der Waals surface area (Å²) in [6, 6.07) is 5.38. The molecule has 3 N–H and O–H groups in total. The molecule has 1 saturated heterocycles. The SMILES string of the molecule is CNC(=O)C[C@H]1CC[C@@H](CNC(=O)c2ccc3c(c2)OCC(=O)N3)N1C. The van der Waals surface area contributed by atoms with Crippen LogP contribution in [0.2, 0.25) is 0 Å². The zero-order chi connectivity index (χ0) is 18.7. The number of carbonyl (C=O) groups excluding carboxylic acids is 3. The van der Waals surface area contributed by atoms with Crippen LogP contribution in [-0.4, -0.2) is 62.0 Å². The Morgan fingerprint density at radius 2 is 2.08 bits per heavy atom. The van der Waals surface area contributed by atoms with Crippen molar-refractivity contribution in [1.29, 1.82) is 0 Å². The Balaban J connectivity index is 1.54. The van der Waals surface area contributed by atoms with Gasteiger partial charge in [-0.05, 0) is 38.1 Å². The van der Waals surface area contributed by atoms with E-state index in [1.165, 1.54) is 0 Å². The predicted molar refractivity (Wildman–Crippen MR) is 96.2 cm³/mol. The van der Waals surface area contributed by atoms with Crippen LogP contribution in [0.1, 0.15) is 29.6 Å². The van der Waals surface area contributed by atoms with Crippen LogP contribution in [-0.2, 0) is 9.59 Å². The molecule has 0 spiro atoms. The van der Waals surface area contributed by atoms with Crippen molar-refractivity contribution in [3.05, 3.63) is 23.8 Å². The number of fused-ring (bicyclic) bond motifs is 1. The minimum absolute atomic E-state index is 0.0349. The molecule has 0 saturated carbocycles. The zero-order valence-electron chi connectivity index (χ0n) is 15.0. The van der Waals surface area contributed by atoms with Crippen molar-refractivity contribution in [2.24, 2.45) is 0 Å². The van der Waals surface area contributed by atoms with E-state index in [1.54, 1.807) is 25.2 Å². The molecule has 1 aromatic carbocycles. The number of likely N-dealkylation sites (tertiary alicyclic amines) is 1. The van der Waals surface area contributed by atoms with E-state index in [0.717, 1.165) is 12.8 Å². The lowest BCUT2D eigenvalue weighted by molar-refractivity contribution is -0.121. The van der Waals surface area contributed by atoms with Crippen molar-refractivity contribution < 1.29 is 19.1 Å². The van der Waals surface area contributed by atoms with E-state index in [-0.39, 0.29) is 36.4 Å². The fraction of sp³-hybridized carbons (Fsp3) is 0.500. The summed E-state index contributed by atoms with van der Waals surface area (Å²) in [5.74, 6) is 0.148. The Kier molecular flexibility index (Phi) is 5.41. The van der Waals surface area contributed by atoms with Crippen LogP contribution in [0.3, 0.4) is 0 Å². The Hall–Kier alpha value is -2.61. The molecule has 0 unspecified atom stereocenters. The lowest BCUT2D eigenvalue weighted by Gasteiger charge is -2.25. The second-order valence-corrected chi connectivity index (χ2v) is 6.69. The van der Waals surface area contributed by atoms with Crippen molar-refractivity contribution in [1.82, 2.24) is 15.5 Å². The summed E-state index contributed by atoms with van der Waals surface area (Å²) in [4.78, 5) is 37.5. The average molecular weight is 360 g/mol. The number of anilines is 1. The van der Waals surface area contributed by atoms with Crippen LogP contribution in [0.15, 0.2) is 18.2 Å². The van der Waals surface area contributed by atoms with Gasteiger partial charge in [0.1, 0.15) is 5.75 Å². The molecule has 0 aromatic heterocycles. The molecule has 1 aromatic rings. The maximum atomic E-state index is 12.4. The van der Waals surface area contributed by atoms with Gasteiger partial charge in [0.15, 0.2) is 6.61 Å². The minimum atomic E-state index is -0.203. The summed E-state index contributed by atoms with van der Waals surface area (Å²) in [6.45, 7) is 0.478. The summed E-state index contributed by atoms with van der Waals surface area (Å²) >= 11 is 0. The van der Waals surface area contributed by atoms with E-state index in [9.17, 15) is 14.4 Å². The molecule has 2 aliphatic heterocycles. The molecule has 3 rings (SSSR count). The highest BCUT2D eigenvalue weighted by molar-refractivity contribution is 5.99. The number of likely N-dealkylation sites (N-methyl/N-ethyl adjacent to an activating group) is 1. The Morgan fingerprint density at radius 3 is 2.85 bits per heavy atom. The monoisotopic (exact) mass is 360 g/mol. The van der Waals surface area contributed by atoms with Gasteiger partial charge in [-0.15, -0.1) is 0 Å². The van der Waals surface area contributed by atoms with Crippen LogP contribution >= 0.6 is 0 Å². The maximum absolute atomic E-state index is 12.4. The van der Waals surface area contributed by atoms with Gasteiger partial charge in [0.25, 0.3) is 11.8 Å². The minimum Gasteiger partial charge on any atom is -0.482 e. The van der Waals surface area contributed by atoms with Gasteiger partial charge in [0.05, 0.1) is 5.69 Å². The van der Waals surface area contributed by atoms with E-state index < -0.39 is 0 Å². The van der Waals surface area contributed by atoms with Gasteiger partial charge in [-0.25, -0.2) is 0 Å². The molecule has 26 heavy (non-hydrogen) atoms. The second kappa shape index (κ2) is 7.74. The lowest BCUT2D eigenvalue weighted by atomic mass is 10.1. The highest BCUT2D eigenvalue weighted by Gasteiger charge is 2.31. The van der Waals surface area contributed by atoms with Crippen molar-refractivity contribution in [3.63, 3.8) is 0 Å².